The molecule has 7 nitrogen and oxygen atoms in total. The Morgan fingerprint density at radius 1 is 1.21 bits per heavy atom. The Hall–Kier alpha value is -2.45. The summed E-state index contributed by atoms with van der Waals surface area (Å²) >= 11 is 5.62. The number of halogens is 1. The van der Waals surface area contributed by atoms with Gasteiger partial charge < -0.3 is 4.74 Å². The highest BCUT2D eigenvalue weighted by molar-refractivity contribution is 7.90. The summed E-state index contributed by atoms with van der Waals surface area (Å²) in [5.74, 6) is -1.31. The van der Waals surface area contributed by atoms with E-state index in [1.807, 2.05) is 0 Å². The van der Waals surface area contributed by atoms with E-state index >= 15 is 0 Å². The van der Waals surface area contributed by atoms with Crippen LogP contribution in [0.3, 0.4) is 0 Å². The summed E-state index contributed by atoms with van der Waals surface area (Å²) in [4.78, 5) is 27.7. The van der Waals surface area contributed by atoms with Gasteiger partial charge in [-0.25, -0.2) is 22.5 Å². The van der Waals surface area contributed by atoms with Crippen molar-refractivity contribution in [1.82, 2.24) is 9.29 Å². The smallest absolute Gasteiger partial charge is 0.339 e. The number of nitrogens with zero attached hydrogens (tertiary/aromatic N) is 2. The lowest BCUT2D eigenvalue weighted by molar-refractivity contribution is 0.0477. The third-order valence-corrected chi connectivity index (χ3v) is 5.47. The van der Waals surface area contributed by atoms with Gasteiger partial charge in [-0.2, -0.15) is 0 Å². The van der Waals surface area contributed by atoms with Gasteiger partial charge in [0, 0.05) is 6.20 Å². The molecule has 1 aromatic carbocycles. The molecule has 24 heavy (non-hydrogen) atoms. The van der Waals surface area contributed by atoms with E-state index in [0.29, 0.717) is 4.31 Å². The van der Waals surface area contributed by atoms with Crippen LogP contribution in [-0.4, -0.2) is 42.7 Å². The fourth-order valence-electron chi connectivity index (χ4n) is 2.25. The predicted octanol–water partition coefficient (Wildman–Crippen LogP) is 1.74. The zero-order valence-electron chi connectivity index (χ0n) is 12.2. The molecular formula is C15H11ClN2O5S. The van der Waals surface area contributed by atoms with Gasteiger partial charge in [-0.05, 0) is 24.3 Å². The van der Waals surface area contributed by atoms with E-state index in [4.69, 9.17) is 16.3 Å². The van der Waals surface area contributed by atoms with Crippen LogP contribution in [0.5, 0.6) is 0 Å². The molecule has 0 saturated heterocycles. The topological polar surface area (TPSA) is 93.6 Å². The maximum Gasteiger partial charge on any atom is 0.339 e. The monoisotopic (exact) mass is 366 g/mol. The number of esters is 1. The summed E-state index contributed by atoms with van der Waals surface area (Å²) in [6.45, 7) is -0.525. The Morgan fingerprint density at radius 3 is 2.62 bits per heavy atom. The third kappa shape index (κ3) is 2.85. The zero-order valence-corrected chi connectivity index (χ0v) is 13.7. The van der Waals surface area contributed by atoms with E-state index in [2.05, 4.69) is 4.98 Å². The summed E-state index contributed by atoms with van der Waals surface area (Å²) < 4.78 is 30.3. The Labute approximate surface area is 142 Å². The molecule has 1 amide bonds. The zero-order chi connectivity index (χ0) is 17.3. The van der Waals surface area contributed by atoms with E-state index in [1.165, 1.54) is 30.5 Å². The van der Waals surface area contributed by atoms with Gasteiger partial charge in [0.25, 0.3) is 15.9 Å². The number of sulfonamides is 1. The quantitative estimate of drug-likeness (QED) is 0.604. The second-order valence-corrected chi connectivity index (χ2v) is 7.10. The van der Waals surface area contributed by atoms with Crippen molar-refractivity contribution in [2.75, 3.05) is 13.2 Å². The Morgan fingerprint density at radius 2 is 1.96 bits per heavy atom. The van der Waals surface area contributed by atoms with Gasteiger partial charge in [-0.15, -0.1) is 0 Å². The molecule has 9 heteroatoms. The number of aromatic nitrogens is 1. The van der Waals surface area contributed by atoms with Crippen LogP contribution in [0, 0.1) is 0 Å². The van der Waals surface area contributed by atoms with Crippen molar-refractivity contribution in [1.29, 1.82) is 0 Å². The first-order valence-corrected chi connectivity index (χ1v) is 8.68. The van der Waals surface area contributed by atoms with Gasteiger partial charge in [0.15, 0.2) is 0 Å². The van der Waals surface area contributed by atoms with Gasteiger partial charge in [0.1, 0.15) is 16.7 Å². The highest BCUT2D eigenvalue weighted by atomic mass is 35.5. The standard InChI is InChI=1S/C15H11ClN2O5S/c16-13-6-5-10(9-17-13)15(20)23-8-7-18-14(19)11-3-1-2-4-12(11)24(18,21)22/h1-6,9H,7-8H2. The fraction of sp³-hybridized carbons (Fsp3) is 0.133. The number of hydrogen-bond acceptors (Lipinski definition) is 6. The molecule has 0 aliphatic carbocycles. The molecule has 1 aliphatic heterocycles. The van der Waals surface area contributed by atoms with Crippen molar-refractivity contribution in [2.45, 2.75) is 4.90 Å². The molecule has 1 aromatic heterocycles. The van der Waals surface area contributed by atoms with E-state index in [-0.39, 0.29) is 34.3 Å². The highest BCUT2D eigenvalue weighted by Crippen LogP contribution is 2.29. The molecule has 0 spiro atoms. The summed E-state index contributed by atoms with van der Waals surface area (Å²) in [7, 11) is -3.90. The van der Waals surface area contributed by atoms with Crippen LogP contribution in [0.15, 0.2) is 47.5 Å². The molecular weight excluding hydrogens is 356 g/mol. The number of rotatable bonds is 4. The number of fused-ring (bicyclic) bond motifs is 1. The first kappa shape index (κ1) is 16.4. The van der Waals surface area contributed by atoms with E-state index in [0.717, 1.165) is 0 Å². The summed E-state index contributed by atoms with van der Waals surface area (Å²) in [6, 6.07) is 8.81. The van der Waals surface area contributed by atoms with Crippen LogP contribution in [0.25, 0.3) is 0 Å². The van der Waals surface area contributed by atoms with Crippen LogP contribution < -0.4 is 0 Å². The maximum atomic E-state index is 12.3. The molecule has 2 aromatic rings. The fourth-order valence-corrected chi connectivity index (χ4v) is 3.92. The van der Waals surface area contributed by atoms with Crippen molar-refractivity contribution in [3.63, 3.8) is 0 Å². The summed E-state index contributed by atoms with van der Waals surface area (Å²) in [5, 5.41) is 0.234. The Kier molecular flexibility index (Phi) is 4.25. The molecule has 0 bridgehead atoms. The number of amides is 1. The highest BCUT2D eigenvalue weighted by Gasteiger charge is 2.40. The molecule has 0 N–H and O–H groups in total. The first-order chi connectivity index (χ1) is 11.4. The predicted molar refractivity (Wildman–Crippen MR) is 84.2 cm³/mol. The normalized spacial score (nSPS) is 15.2. The van der Waals surface area contributed by atoms with Crippen molar-refractivity contribution in [3.05, 3.63) is 58.9 Å². The number of ether oxygens (including phenoxy) is 1. The van der Waals surface area contributed by atoms with Crippen molar-refractivity contribution in [2.24, 2.45) is 0 Å². The number of benzene rings is 1. The summed E-state index contributed by atoms with van der Waals surface area (Å²) in [5.41, 5.74) is 0.295. The largest absolute Gasteiger partial charge is 0.460 e. The Balaban J connectivity index is 1.67. The van der Waals surface area contributed by atoms with Gasteiger partial charge in [0.2, 0.25) is 0 Å². The average molecular weight is 367 g/mol. The summed E-state index contributed by atoms with van der Waals surface area (Å²) in [6.07, 6.45) is 1.25. The van der Waals surface area contributed by atoms with E-state index < -0.39 is 21.9 Å². The molecule has 0 unspecified atom stereocenters. The lowest BCUT2D eigenvalue weighted by Gasteiger charge is -2.14. The third-order valence-electron chi connectivity index (χ3n) is 3.40. The van der Waals surface area contributed by atoms with Crippen molar-refractivity contribution in [3.8, 4) is 0 Å². The number of hydrogen-bond donors (Lipinski definition) is 0. The maximum absolute atomic E-state index is 12.3. The van der Waals surface area contributed by atoms with E-state index in [9.17, 15) is 18.0 Å². The minimum absolute atomic E-state index is 0.0387. The number of carbonyl (C=O) groups is 2. The molecule has 0 fully saturated rings. The lowest BCUT2D eigenvalue weighted by atomic mass is 10.2. The van der Waals surface area contributed by atoms with Gasteiger partial charge in [0.05, 0.1) is 17.7 Å². The molecule has 0 saturated carbocycles. The van der Waals surface area contributed by atoms with Crippen LogP contribution in [0.1, 0.15) is 20.7 Å². The van der Waals surface area contributed by atoms with Crippen LogP contribution in [0.4, 0.5) is 0 Å². The van der Waals surface area contributed by atoms with Crippen LogP contribution in [0.2, 0.25) is 5.15 Å². The van der Waals surface area contributed by atoms with Gasteiger partial charge in [-0.3, -0.25) is 4.79 Å². The number of pyridine rings is 1. The minimum atomic E-state index is -3.90. The van der Waals surface area contributed by atoms with Crippen LogP contribution >= 0.6 is 11.6 Å². The van der Waals surface area contributed by atoms with E-state index in [1.54, 1.807) is 12.1 Å². The van der Waals surface area contributed by atoms with Gasteiger partial charge in [-0.1, -0.05) is 23.7 Å². The minimum Gasteiger partial charge on any atom is -0.460 e. The van der Waals surface area contributed by atoms with Crippen molar-refractivity contribution < 1.29 is 22.7 Å². The molecule has 2 heterocycles. The lowest BCUT2D eigenvalue weighted by Crippen LogP contribution is -2.33. The molecule has 1 aliphatic rings. The second-order valence-electron chi connectivity index (χ2n) is 4.88. The average Bonchev–Trinajstić information content (AvgIpc) is 2.76. The number of carbonyl (C=O) groups excluding carboxylic acids is 2. The molecule has 124 valence electrons. The Bertz CT molecular complexity index is 912. The van der Waals surface area contributed by atoms with Crippen molar-refractivity contribution >= 4 is 33.5 Å². The SMILES string of the molecule is O=C(OCCN1C(=O)c2ccccc2S1(=O)=O)c1ccc(Cl)nc1. The van der Waals surface area contributed by atoms with Crippen LogP contribution in [-0.2, 0) is 14.8 Å². The molecule has 0 atom stereocenters. The molecule has 3 rings (SSSR count). The van der Waals surface area contributed by atoms with Gasteiger partial charge >= 0.3 is 5.97 Å². The molecule has 0 radical (unpaired) electrons. The first-order valence-electron chi connectivity index (χ1n) is 6.86. The second kappa shape index (κ2) is 6.21.